The van der Waals surface area contributed by atoms with E-state index in [1.54, 1.807) is 24.1 Å². The van der Waals surface area contributed by atoms with Crippen LogP contribution in [0.4, 0.5) is 0 Å². The number of hydrogen-bond acceptors (Lipinski definition) is 4. The third-order valence-electron chi connectivity index (χ3n) is 5.46. The minimum Gasteiger partial charge on any atom is -0.454 e. The van der Waals surface area contributed by atoms with Crippen molar-refractivity contribution >= 4 is 12.0 Å². The molecule has 164 valence electrons. The van der Waals surface area contributed by atoms with E-state index in [0.717, 1.165) is 33.8 Å². The molecule has 6 nitrogen and oxygen atoms in total. The molecule has 2 heterocycles. The van der Waals surface area contributed by atoms with Crippen LogP contribution in [0.5, 0.6) is 11.5 Å². The molecule has 0 unspecified atom stereocenters. The Hall–Kier alpha value is -4.32. The van der Waals surface area contributed by atoms with Crippen molar-refractivity contribution in [2.75, 3.05) is 13.8 Å². The number of benzene rings is 3. The molecule has 0 bridgehead atoms. The lowest BCUT2D eigenvalue weighted by Gasteiger charge is -2.15. The lowest BCUT2D eigenvalue weighted by Crippen LogP contribution is -2.24. The molecule has 0 saturated carbocycles. The maximum absolute atomic E-state index is 12.8. The molecule has 33 heavy (non-hydrogen) atoms. The Bertz CT molecular complexity index is 1300. The number of carbonyl (C=O) groups is 1. The number of nitrogens with zero attached hydrogens (tertiary/aromatic N) is 3. The summed E-state index contributed by atoms with van der Waals surface area (Å²) in [4.78, 5) is 14.5. The highest BCUT2D eigenvalue weighted by Crippen LogP contribution is 2.32. The van der Waals surface area contributed by atoms with Gasteiger partial charge in [0.05, 0.1) is 11.4 Å². The van der Waals surface area contributed by atoms with Crippen LogP contribution in [-0.4, -0.2) is 34.4 Å². The summed E-state index contributed by atoms with van der Waals surface area (Å²) in [6, 6.07) is 25.6. The second-order valence-electron chi connectivity index (χ2n) is 7.79. The molecule has 1 aromatic heterocycles. The third-order valence-corrected chi connectivity index (χ3v) is 5.46. The Morgan fingerprint density at radius 1 is 1.00 bits per heavy atom. The SMILES string of the molecule is CN(Cc1cn(-c2ccccc2)nc1-c1ccccc1)C(=O)/C=C/c1ccc2c(c1)OCO2. The van der Waals surface area contributed by atoms with Crippen LogP contribution in [-0.2, 0) is 11.3 Å². The largest absolute Gasteiger partial charge is 0.454 e. The topological polar surface area (TPSA) is 56.6 Å². The van der Waals surface area contributed by atoms with Crippen LogP contribution < -0.4 is 9.47 Å². The lowest BCUT2D eigenvalue weighted by molar-refractivity contribution is -0.125. The average molecular weight is 437 g/mol. The highest BCUT2D eigenvalue weighted by atomic mass is 16.7. The van der Waals surface area contributed by atoms with Crippen LogP contribution in [0.25, 0.3) is 23.0 Å². The molecule has 1 amide bonds. The van der Waals surface area contributed by atoms with Gasteiger partial charge in [-0.3, -0.25) is 4.79 Å². The number of likely N-dealkylation sites (N-methyl/N-ethyl adjacent to an activating group) is 1. The smallest absolute Gasteiger partial charge is 0.246 e. The minimum absolute atomic E-state index is 0.0980. The Labute approximate surface area is 192 Å². The van der Waals surface area contributed by atoms with Gasteiger partial charge >= 0.3 is 0 Å². The number of carbonyl (C=O) groups excluding carboxylic acids is 1. The number of fused-ring (bicyclic) bond motifs is 1. The van der Waals surface area contributed by atoms with Crippen LogP contribution in [0.3, 0.4) is 0 Å². The fourth-order valence-corrected chi connectivity index (χ4v) is 3.72. The van der Waals surface area contributed by atoms with E-state index in [4.69, 9.17) is 14.6 Å². The Balaban J connectivity index is 1.37. The first kappa shape index (κ1) is 20.6. The maximum Gasteiger partial charge on any atom is 0.246 e. The minimum atomic E-state index is -0.0980. The van der Waals surface area contributed by atoms with Gasteiger partial charge in [0.2, 0.25) is 12.7 Å². The van der Waals surface area contributed by atoms with E-state index in [1.807, 2.05) is 89.7 Å². The fourth-order valence-electron chi connectivity index (χ4n) is 3.72. The molecular formula is C27H23N3O3. The molecule has 1 aliphatic heterocycles. The molecule has 1 aliphatic rings. The van der Waals surface area contributed by atoms with Crippen LogP contribution in [0.2, 0.25) is 0 Å². The van der Waals surface area contributed by atoms with Gasteiger partial charge in [0.25, 0.3) is 0 Å². The second kappa shape index (κ2) is 9.04. The van der Waals surface area contributed by atoms with Crippen molar-refractivity contribution in [1.82, 2.24) is 14.7 Å². The molecule has 4 aromatic rings. The van der Waals surface area contributed by atoms with Crippen LogP contribution >= 0.6 is 0 Å². The van der Waals surface area contributed by atoms with E-state index in [2.05, 4.69) is 0 Å². The number of rotatable bonds is 6. The number of aromatic nitrogens is 2. The predicted molar refractivity (Wildman–Crippen MR) is 127 cm³/mol. The van der Waals surface area contributed by atoms with Crippen molar-refractivity contribution in [1.29, 1.82) is 0 Å². The van der Waals surface area contributed by atoms with Gasteiger partial charge in [-0.1, -0.05) is 54.6 Å². The zero-order chi connectivity index (χ0) is 22.6. The van der Waals surface area contributed by atoms with E-state index in [1.165, 1.54) is 0 Å². The normalized spacial score (nSPS) is 12.3. The highest BCUT2D eigenvalue weighted by molar-refractivity contribution is 5.91. The summed E-state index contributed by atoms with van der Waals surface area (Å²) in [6.07, 6.45) is 5.34. The Morgan fingerprint density at radius 2 is 1.73 bits per heavy atom. The summed E-state index contributed by atoms with van der Waals surface area (Å²) in [5, 5.41) is 4.82. The van der Waals surface area contributed by atoms with Crippen molar-refractivity contribution < 1.29 is 14.3 Å². The lowest BCUT2D eigenvalue weighted by atomic mass is 10.1. The summed E-state index contributed by atoms with van der Waals surface area (Å²) in [5.74, 6) is 1.32. The maximum atomic E-state index is 12.8. The molecule has 0 saturated heterocycles. The molecule has 0 spiro atoms. The van der Waals surface area contributed by atoms with Crippen molar-refractivity contribution in [2.24, 2.45) is 0 Å². The first-order chi connectivity index (χ1) is 16.2. The fraction of sp³-hybridized carbons (Fsp3) is 0.111. The van der Waals surface area contributed by atoms with Gasteiger partial charge in [0, 0.05) is 37.0 Å². The van der Waals surface area contributed by atoms with E-state index in [9.17, 15) is 4.79 Å². The van der Waals surface area contributed by atoms with Crippen LogP contribution in [0, 0.1) is 0 Å². The number of amides is 1. The van der Waals surface area contributed by atoms with Crippen molar-refractivity contribution in [3.63, 3.8) is 0 Å². The molecule has 5 rings (SSSR count). The second-order valence-corrected chi connectivity index (χ2v) is 7.79. The van der Waals surface area contributed by atoms with Crippen molar-refractivity contribution in [3.05, 3.63) is 102 Å². The van der Waals surface area contributed by atoms with E-state index >= 15 is 0 Å². The summed E-state index contributed by atoms with van der Waals surface area (Å²) in [7, 11) is 1.79. The molecule has 3 aromatic carbocycles. The van der Waals surface area contributed by atoms with Gasteiger partial charge in [-0.2, -0.15) is 5.10 Å². The Kier molecular flexibility index (Phi) is 5.64. The van der Waals surface area contributed by atoms with E-state index in [-0.39, 0.29) is 12.7 Å². The first-order valence-corrected chi connectivity index (χ1v) is 10.7. The molecule has 6 heteroatoms. The Morgan fingerprint density at radius 3 is 2.52 bits per heavy atom. The molecule has 0 N–H and O–H groups in total. The standard InChI is InChI=1S/C27H23N3O3/c1-29(26(31)15-13-20-12-14-24-25(16-20)33-19-32-24)17-22-18-30(23-10-6-3-7-11-23)28-27(22)21-8-4-2-5-9-21/h2-16,18H,17,19H2,1H3/b15-13+. The van der Waals surface area contributed by atoms with Gasteiger partial charge in [-0.05, 0) is 35.9 Å². The molecule has 0 radical (unpaired) electrons. The van der Waals surface area contributed by atoms with Crippen LogP contribution in [0.15, 0.2) is 91.1 Å². The van der Waals surface area contributed by atoms with Crippen LogP contribution in [0.1, 0.15) is 11.1 Å². The van der Waals surface area contributed by atoms with Gasteiger partial charge in [-0.25, -0.2) is 4.68 Å². The number of para-hydroxylation sites is 1. The molecule has 0 aliphatic carbocycles. The van der Waals surface area contributed by atoms with Gasteiger partial charge < -0.3 is 14.4 Å². The predicted octanol–water partition coefficient (Wildman–Crippen LogP) is 4.94. The monoisotopic (exact) mass is 437 g/mol. The summed E-state index contributed by atoms with van der Waals surface area (Å²) >= 11 is 0. The number of ether oxygens (including phenoxy) is 2. The third kappa shape index (κ3) is 4.50. The zero-order valence-corrected chi connectivity index (χ0v) is 18.2. The molecular weight excluding hydrogens is 414 g/mol. The average Bonchev–Trinajstić information content (AvgIpc) is 3.50. The van der Waals surface area contributed by atoms with Gasteiger partial charge in [-0.15, -0.1) is 0 Å². The van der Waals surface area contributed by atoms with Gasteiger partial charge in [0.1, 0.15) is 0 Å². The summed E-state index contributed by atoms with van der Waals surface area (Å²) in [5.41, 5.74) is 4.69. The van der Waals surface area contributed by atoms with Crippen molar-refractivity contribution in [3.8, 4) is 28.4 Å². The van der Waals surface area contributed by atoms with Gasteiger partial charge in [0.15, 0.2) is 11.5 Å². The van der Waals surface area contributed by atoms with E-state index in [0.29, 0.717) is 12.3 Å². The first-order valence-electron chi connectivity index (χ1n) is 10.7. The quantitative estimate of drug-likeness (QED) is 0.401. The molecule has 0 atom stereocenters. The van der Waals surface area contributed by atoms with Crippen molar-refractivity contribution in [2.45, 2.75) is 6.54 Å². The summed E-state index contributed by atoms with van der Waals surface area (Å²) in [6.45, 7) is 0.659. The molecule has 0 fully saturated rings. The highest BCUT2D eigenvalue weighted by Gasteiger charge is 2.16. The zero-order valence-electron chi connectivity index (χ0n) is 18.2. The summed E-state index contributed by atoms with van der Waals surface area (Å²) < 4.78 is 12.6. The number of hydrogen-bond donors (Lipinski definition) is 0. The van der Waals surface area contributed by atoms with E-state index < -0.39 is 0 Å².